The Balaban J connectivity index is 2.15. The maximum atomic E-state index is 11.9. The van der Waals surface area contributed by atoms with Gasteiger partial charge in [-0.1, -0.05) is 11.6 Å². The van der Waals surface area contributed by atoms with Crippen LogP contribution < -0.4 is 10.9 Å². The van der Waals surface area contributed by atoms with Crippen LogP contribution in [0.3, 0.4) is 0 Å². The molecule has 1 N–H and O–H groups in total. The number of rotatable bonds is 3. The van der Waals surface area contributed by atoms with Crippen LogP contribution in [0, 0.1) is 6.92 Å². The number of anilines is 1. The van der Waals surface area contributed by atoms with Gasteiger partial charge in [0.15, 0.2) is 0 Å². The average Bonchev–Trinajstić information content (AvgIpc) is 2.42. The number of carbonyl (C=O) groups excluding carboxylic acids is 1. The third-order valence-corrected chi connectivity index (χ3v) is 3.43. The van der Waals surface area contributed by atoms with Crippen LogP contribution in [0.25, 0.3) is 0 Å². The van der Waals surface area contributed by atoms with E-state index in [0.29, 0.717) is 21.0 Å². The summed E-state index contributed by atoms with van der Waals surface area (Å²) in [6.45, 7) is 1.57. The van der Waals surface area contributed by atoms with Gasteiger partial charge in [0.25, 0.3) is 5.56 Å². The van der Waals surface area contributed by atoms with Crippen molar-refractivity contribution in [3.63, 3.8) is 0 Å². The highest BCUT2D eigenvalue weighted by Crippen LogP contribution is 2.13. The van der Waals surface area contributed by atoms with Gasteiger partial charge in [-0.3, -0.25) is 14.2 Å². The number of benzene rings is 1. The Labute approximate surface area is 128 Å². The molecule has 2 rings (SSSR count). The number of amides is 1. The van der Waals surface area contributed by atoms with Crippen molar-refractivity contribution < 1.29 is 4.79 Å². The number of hydrogen-bond donors (Lipinski definition) is 1. The van der Waals surface area contributed by atoms with E-state index in [1.165, 1.54) is 10.8 Å². The van der Waals surface area contributed by atoms with Crippen molar-refractivity contribution in [3.05, 3.63) is 56.1 Å². The minimum Gasteiger partial charge on any atom is -0.325 e. The van der Waals surface area contributed by atoms with E-state index in [-0.39, 0.29) is 18.0 Å². The number of carbonyl (C=O) groups is 1. The standard InChI is InChI=1S/C13H11BrClN3O2/c1-8-16-6-11(14)13(20)18(8)7-12(19)17-10-4-2-9(15)3-5-10/h2-6H,7H2,1H3,(H,17,19). The molecule has 1 heterocycles. The minimum atomic E-state index is -0.308. The second-order valence-electron chi connectivity index (χ2n) is 4.10. The van der Waals surface area contributed by atoms with Crippen molar-refractivity contribution in [2.24, 2.45) is 0 Å². The topological polar surface area (TPSA) is 64.0 Å². The zero-order valence-corrected chi connectivity index (χ0v) is 12.9. The number of aryl methyl sites for hydroxylation is 1. The quantitative estimate of drug-likeness (QED) is 0.919. The molecule has 0 radical (unpaired) electrons. The van der Waals surface area contributed by atoms with E-state index >= 15 is 0 Å². The number of aromatic nitrogens is 2. The van der Waals surface area contributed by atoms with Gasteiger partial charge in [-0.2, -0.15) is 0 Å². The smallest absolute Gasteiger partial charge is 0.268 e. The molecule has 1 amide bonds. The van der Waals surface area contributed by atoms with Crippen molar-refractivity contribution in [2.75, 3.05) is 5.32 Å². The Morgan fingerprint density at radius 2 is 2.05 bits per heavy atom. The third-order valence-electron chi connectivity index (χ3n) is 2.63. The largest absolute Gasteiger partial charge is 0.325 e. The first-order chi connectivity index (χ1) is 9.47. The first-order valence-electron chi connectivity index (χ1n) is 5.75. The van der Waals surface area contributed by atoms with Gasteiger partial charge in [-0.05, 0) is 47.1 Å². The molecule has 0 aliphatic heterocycles. The van der Waals surface area contributed by atoms with E-state index in [1.807, 2.05) is 0 Å². The molecule has 0 aliphatic carbocycles. The van der Waals surface area contributed by atoms with Crippen LogP contribution in [0.2, 0.25) is 5.02 Å². The lowest BCUT2D eigenvalue weighted by Crippen LogP contribution is -2.30. The van der Waals surface area contributed by atoms with E-state index in [0.717, 1.165) is 0 Å². The van der Waals surface area contributed by atoms with Gasteiger partial charge in [0.2, 0.25) is 5.91 Å². The van der Waals surface area contributed by atoms with E-state index in [4.69, 9.17) is 11.6 Å². The van der Waals surface area contributed by atoms with Crippen molar-refractivity contribution in [3.8, 4) is 0 Å². The van der Waals surface area contributed by atoms with Crippen molar-refractivity contribution in [2.45, 2.75) is 13.5 Å². The zero-order valence-electron chi connectivity index (χ0n) is 10.6. The lowest BCUT2D eigenvalue weighted by atomic mass is 10.3. The van der Waals surface area contributed by atoms with Crippen LogP contribution in [0.1, 0.15) is 5.82 Å². The van der Waals surface area contributed by atoms with E-state index in [9.17, 15) is 9.59 Å². The van der Waals surface area contributed by atoms with Crippen LogP contribution in [0.15, 0.2) is 39.7 Å². The van der Waals surface area contributed by atoms with Gasteiger partial charge in [0.05, 0.1) is 0 Å². The van der Waals surface area contributed by atoms with Gasteiger partial charge < -0.3 is 5.32 Å². The Bertz CT molecular complexity index is 698. The normalized spacial score (nSPS) is 10.3. The van der Waals surface area contributed by atoms with Crippen LogP contribution in [-0.2, 0) is 11.3 Å². The molecule has 0 atom stereocenters. The second kappa shape index (κ2) is 6.19. The van der Waals surface area contributed by atoms with Crippen molar-refractivity contribution >= 4 is 39.1 Å². The molecular weight excluding hydrogens is 346 g/mol. The fourth-order valence-electron chi connectivity index (χ4n) is 1.61. The molecular formula is C13H11BrClN3O2. The molecule has 0 bridgehead atoms. The number of nitrogens with one attached hydrogen (secondary N) is 1. The fourth-order valence-corrected chi connectivity index (χ4v) is 2.06. The van der Waals surface area contributed by atoms with Gasteiger partial charge in [-0.25, -0.2) is 4.98 Å². The molecule has 0 saturated carbocycles. The summed E-state index contributed by atoms with van der Waals surface area (Å²) in [4.78, 5) is 27.9. The first-order valence-corrected chi connectivity index (χ1v) is 6.92. The van der Waals surface area contributed by atoms with Crippen LogP contribution in [-0.4, -0.2) is 15.5 Å². The van der Waals surface area contributed by atoms with Gasteiger partial charge >= 0.3 is 0 Å². The van der Waals surface area contributed by atoms with Crippen LogP contribution in [0.4, 0.5) is 5.69 Å². The molecule has 0 saturated heterocycles. The Kier molecular flexibility index (Phi) is 4.57. The maximum Gasteiger partial charge on any atom is 0.268 e. The summed E-state index contributed by atoms with van der Waals surface area (Å²) in [5.74, 6) is 0.168. The SMILES string of the molecule is Cc1ncc(Br)c(=O)n1CC(=O)Nc1ccc(Cl)cc1. The maximum absolute atomic E-state index is 11.9. The Morgan fingerprint density at radius 3 is 2.70 bits per heavy atom. The predicted octanol–water partition coefficient (Wildman–Crippen LogP) is 2.61. The average molecular weight is 357 g/mol. The molecule has 0 unspecified atom stereocenters. The van der Waals surface area contributed by atoms with Crippen molar-refractivity contribution in [1.82, 2.24) is 9.55 Å². The molecule has 104 valence electrons. The highest BCUT2D eigenvalue weighted by atomic mass is 79.9. The summed E-state index contributed by atoms with van der Waals surface area (Å²) in [6, 6.07) is 6.73. The summed E-state index contributed by atoms with van der Waals surface area (Å²) in [5.41, 5.74) is 0.330. The second-order valence-corrected chi connectivity index (χ2v) is 5.39. The zero-order chi connectivity index (χ0) is 14.7. The molecule has 0 aliphatic rings. The van der Waals surface area contributed by atoms with E-state index in [2.05, 4.69) is 26.2 Å². The molecule has 2 aromatic rings. The first kappa shape index (κ1) is 14.7. The molecule has 20 heavy (non-hydrogen) atoms. The Morgan fingerprint density at radius 1 is 1.40 bits per heavy atom. The fraction of sp³-hybridized carbons (Fsp3) is 0.154. The van der Waals surface area contributed by atoms with Gasteiger partial charge in [0, 0.05) is 16.9 Å². The molecule has 0 fully saturated rings. The Hall–Kier alpha value is -1.66. The summed E-state index contributed by atoms with van der Waals surface area (Å²) in [6.07, 6.45) is 1.42. The lowest BCUT2D eigenvalue weighted by molar-refractivity contribution is -0.116. The predicted molar refractivity (Wildman–Crippen MR) is 81.0 cm³/mol. The summed E-state index contributed by atoms with van der Waals surface area (Å²) in [5, 5.41) is 3.28. The third kappa shape index (κ3) is 3.46. The highest BCUT2D eigenvalue weighted by Gasteiger charge is 2.10. The molecule has 7 heteroatoms. The lowest BCUT2D eigenvalue weighted by Gasteiger charge is -2.10. The monoisotopic (exact) mass is 355 g/mol. The summed E-state index contributed by atoms with van der Waals surface area (Å²) < 4.78 is 1.62. The molecule has 1 aromatic carbocycles. The van der Waals surface area contributed by atoms with E-state index in [1.54, 1.807) is 31.2 Å². The summed E-state index contributed by atoms with van der Waals surface area (Å²) in [7, 11) is 0. The van der Waals surface area contributed by atoms with Gasteiger partial charge in [-0.15, -0.1) is 0 Å². The van der Waals surface area contributed by atoms with Crippen molar-refractivity contribution in [1.29, 1.82) is 0 Å². The molecule has 0 spiro atoms. The summed E-state index contributed by atoms with van der Waals surface area (Å²) >= 11 is 8.87. The number of nitrogens with zero attached hydrogens (tertiary/aromatic N) is 2. The molecule has 1 aromatic heterocycles. The van der Waals surface area contributed by atoms with Gasteiger partial charge in [0.1, 0.15) is 16.8 Å². The number of halogens is 2. The van der Waals surface area contributed by atoms with Crippen LogP contribution >= 0.6 is 27.5 Å². The number of hydrogen-bond acceptors (Lipinski definition) is 3. The van der Waals surface area contributed by atoms with E-state index < -0.39 is 0 Å². The minimum absolute atomic E-state index is 0.0975. The molecule has 5 nitrogen and oxygen atoms in total. The highest BCUT2D eigenvalue weighted by molar-refractivity contribution is 9.10. The van der Waals surface area contributed by atoms with Crippen LogP contribution in [0.5, 0.6) is 0 Å².